The second-order valence-corrected chi connectivity index (χ2v) is 6.22. The number of carbonyl (C=O) groups excluding carboxylic acids is 1. The molecule has 0 saturated carbocycles. The Labute approximate surface area is 167 Å². The number of nitrogens with zero attached hydrogens (tertiary/aromatic N) is 3. The van der Waals surface area contributed by atoms with E-state index in [0.29, 0.717) is 40.3 Å². The fourth-order valence-electron chi connectivity index (χ4n) is 3.18. The van der Waals surface area contributed by atoms with Gasteiger partial charge in [-0.25, -0.2) is 9.48 Å². The minimum atomic E-state index is -1.14. The molecule has 0 amide bonds. The van der Waals surface area contributed by atoms with Gasteiger partial charge in [0.25, 0.3) is 0 Å². The van der Waals surface area contributed by atoms with Crippen molar-refractivity contribution in [2.75, 3.05) is 14.2 Å². The second kappa shape index (κ2) is 8.55. The number of carboxylic acids is 1. The van der Waals surface area contributed by atoms with Crippen molar-refractivity contribution in [2.24, 2.45) is 0 Å². The molecule has 0 spiro atoms. The number of aromatic carboxylic acids is 1. The maximum atomic E-state index is 13.0. The number of rotatable bonds is 8. The Kier molecular flexibility index (Phi) is 5.92. The zero-order valence-electron chi connectivity index (χ0n) is 16.4. The van der Waals surface area contributed by atoms with E-state index in [1.54, 1.807) is 42.7 Å². The van der Waals surface area contributed by atoms with Gasteiger partial charge < -0.3 is 14.6 Å². The summed E-state index contributed by atoms with van der Waals surface area (Å²) in [5.74, 6) is -0.609. The zero-order valence-corrected chi connectivity index (χ0v) is 16.4. The third-order valence-corrected chi connectivity index (χ3v) is 4.54. The standard InChI is InChI=1S/C21H21N3O5/c1-4-15-19(13-6-5-9-22-11-13)23-24(20(15)21(26)27)12-17(25)16-10-14(28-2)7-8-18(16)29-3/h5-11H,4,12H2,1-3H3,(H,26,27). The molecule has 0 atom stereocenters. The van der Waals surface area contributed by atoms with Gasteiger partial charge in [0.15, 0.2) is 11.5 Å². The predicted octanol–water partition coefficient (Wildman–Crippen LogP) is 3.11. The van der Waals surface area contributed by atoms with Gasteiger partial charge in [0.05, 0.1) is 25.5 Å². The molecule has 3 rings (SSSR count). The highest BCUT2D eigenvalue weighted by atomic mass is 16.5. The fourth-order valence-corrected chi connectivity index (χ4v) is 3.18. The highest BCUT2D eigenvalue weighted by molar-refractivity contribution is 5.99. The third kappa shape index (κ3) is 3.96. The van der Waals surface area contributed by atoms with E-state index >= 15 is 0 Å². The minimum absolute atomic E-state index is 0.0124. The molecular formula is C21H21N3O5. The van der Waals surface area contributed by atoms with E-state index in [-0.39, 0.29) is 18.0 Å². The Hall–Kier alpha value is -3.68. The Morgan fingerprint density at radius 3 is 2.55 bits per heavy atom. The number of carboxylic acid groups (broad SMARTS) is 1. The third-order valence-electron chi connectivity index (χ3n) is 4.54. The molecule has 2 aromatic heterocycles. The molecule has 3 aromatic rings. The zero-order chi connectivity index (χ0) is 21.0. The van der Waals surface area contributed by atoms with Crippen LogP contribution in [0.5, 0.6) is 11.5 Å². The summed E-state index contributed by atoms with van der Waals surface area (Å²) in [5, 5.41) is 14.2. The number of Topliss-reactive ketones (excluding diaryl/α,β-unsaturated/α-hetero) is 1. The highest BCUT2D eigenvalue weighted by Crippen LogP contribution is 2.28. The number of benzene rings is 1. The molecule has 0 unspecified atom stereocenters. The lowest BCUT2D eigenvalue weighted by atomic mass is 10.1. The molecule has 2 heterocycles. The highest BCUT2D eigenvalue weighted by Gasteiger charge is 2.25. The van der Waals surface area contributed by atoms with E-state index in [9.17, 15) is 14.7 Å². The van der Waals surface area contributed by atoms with Gasteiger partial charge in [-0.2, -0.15) is 5.10 Å². The number of hydrogen-bond donors (Lipinski definition) is 1. The number of methoxy groups -OCH3 is 2. The normalized spacial score (nSPS) is 10.6. The number of ether oxygens (including phenoxy) is 2. The summed E-state index contributed by atoms with van der Waals surface area (Å²) in [6.07, 6.45) is 3.69. The van der Waals surface area contributed by atoms with Crippen molar-refractivity contribution in [1.82, 2.24) is 14.8 Å². The van der Waals surface area contributed by atoms with E-state index in [1.165, 1.54) is 18.9 Å². The van der Waals surface area contributed by atoms with Gasteiger partial charge in [0.1, 0.15) is 18.0 Å². The first-order chi connectivity index (χ1) is 14.0. The molecule has 0 fully saturated rings. The van der Waals surface area contributed by atoms with Crippen molar-refractivity contribution in [1.29, 1.82) is 0 Å². The van der Waals surface area contributed by atoms with E-state index < -0.39 is 5.97 Å². The molecule has 0 aliphatic carbocycles. The van der Waals surface area contributed by atoms with Crippen LogP contribution in [0.3, 0.4) is 0 Å². The van der Waals surface area contributed by atoms with Crippen molar-refractivity contribution in [3.8, 4) is 22.8 Å². The van der Waals surface area contributed by atoms with Crippen LogP contribution in [0.25, 0.3) is 11.3 Å². The predicted molar refractivity (Wildman–Crippen MR) is 106 cm³/mol. The van der Waals surface area contributed by atoms with Gasteiger partial charge in [-0.05, 0) is 36.8 Å². The fraction of sp³-hybridized carbons (Fsp3) is 0.238. The van der Waals surface area contributed by atoms with E-state index in [1.807, 2.05) is 6.92 Å². The van der Waals surface area contributed by atoms with Crippen LogP contribution in [-0.4, -0.2) is 45.8 Å². The maximum absolute atomic E-state index is 13.0. The smallest absolute Gasteiger partial charge is 0.354 e. The molecule has 0 saturated heterocycles. The first-order valence-electron chi connectivity index (χ1n) is 8.98. The van der Waals surface area contributed by atoms with Crippen LogP contribution in [0.15, 0.2) is 42.7 Å². The van der Waals surface area contributed by atoms with E-state index in [2.05, 4.69) is 10.1 Å². The molecule has 29 heavy (non-hydrogen) atoms. The van der Waals surface area contributed by atoms with Crippen LogP contribution in [-0.2, 0) is 13.0 Å². The van der Waals surface area contributed by atoms with Crippen LogP contribution < -0.4 is 9.47 Å². The topological polar surface area (TPSA) is 104 Å². The lowest BCUT2D eigenvalue weighted by molar-refractivity contribution is 0.0681. The van der Waals surface area contributed by atoms with E-state index in [0.717, 1.165) is 0 Å². The van der Waals surface area contributed by atoms with Crippen molar-refractivity contribution >= 4 is 11.8 Å². The number of aromatic nitrogens is 3. The van der Waals surface area contributed by atoms with Crippen LogP contribution in [0.4, 0.5) is 0 Å². The quantitative estimate of drug-likeness (QED) is 0.585. The molecule has 150 valence electrons. The van der Waals surface area contributed by atoms with Crippen LogP contribution >= 0.6 is 0 Å². The maximum Gasteiger partial charge on any atom is 0.354 e. The number of hydrogen-bond acceptors (Lipinski definition) is 6. The van der Waals surface area contributed by atoms with Gasteiger partial charge in [0.2, 0.25) is 0 Å². The van der Waals surface area contributed by atoms with Gasteiger partial charge in [-0.15, -0.1) is 0 Å². The van der Waals surface area contributed by atoms with Gasteiger partial charge in [-0.3, -0.25) is 9.78 Å². The minimum Gasteiger partial charge on any atom is -0.497 e. The van der Waals surface area contributed by atoms with Crippen LogP contribution in [0.1, 0.15) is 33.3 Å². The van der Waals surface area contributed by atoms with Gasteiger partial charge >= 0.3 is 5.97 Å². The molecule has 0 radical (unpaired) electrons. The van der Waals surface area contributed by atoms with Gasteiger partial charge in [-0.1, -0.05) is 6.92 Å². The Morgan fingerprint density at radius 2 is 1.97 bits per heavy atom. The van der Waals surface area contributed by atoms with E-state index in [4.69, 9.17) is 9.47 Å². The molecular weight excluding hydrogens is 374 g/mol. The SMILES string of the molecule is CCc1c(-c2cccnc2)nn(CC(=O)c2cc(OC)ccc2OC)c1C(=O)O. The Bertz CT molecular complexity index is 1040. The molecule has 0 bridgehead atoms. The monoisotopic (exact) mass is 395 g/mol. The van der Waals surface area contributed by atoms with Gasteiger partial charge in [0, 0.05) is 23.5 Å². The summed E-state index contributed by atoms with van der Waals surface area (Å²) in [5.41, 5.74) is 2.03. The summed E-state index contributed by atoms with van der Waals surface area (Å²) in [6, 6.07) is 8.43. The lowest BCUT2D eigenvalue weighted by Crippen LogP contribution is -2.18. The van der Waals surface area contributed by atoms with Crippen molar-refractivity contribution in [2.45, 2.75) is 19.9 Å². The second-order valence-electron chi connectivity index (χ2n) is 6.22. The number of ketones is 1. The molecule has 8 nitrogen and oxygen atoms in total. The molecule has 0 aliphatic heterocycles. The summed E-state index contributed by atoms with van der Waals surface area (Å²) in [4.78, 5) is 29.0. The molecule has 1 N–H and O–H groups in total. The summed E-state index contributed by atoms with van der Waals surface area (Å²) in [6.45, 7) is 1.60. The summed E-state index contributed by atoms with van der Waals surface area (Å²) >= 11 is 0. The van der Waals surface area contributed by atoms with Crippen LogP contribution in [0, 0.1) is 0 Å². The van der Waals surface area contributed by atoms with Crippen molar-refractivity contribution in [3.05, 3.63) is 59.5 Å². The first-order valence-corrected chi connectivity index (χ1v) is 8.98. The largest absolute Gasteiger partial charge is 0.497 e. The average Bonchev–Trinajstić information content (AvgIpc) is 3.12. The Balaban J connectivity index is 2.06. The first kappa shape index (κ1) is 20.1. The van der Waals surface area contributed by atoms with Crippen LogP contribution in [0.2, 0.25) is 0 Å². The van der Waals surface area contributed by atoms with Crippen molar-refractivity contribution in [3.63, 3.8) is 0 Å². The van der Waals surface area contributed by atoms with Crippen molar-refractivity contribution < 1.29 is 24.2 Å². The molecule has 0 aliphatic rings. The number of carbonyl (C=O) groups is 2. The summed E-state index contributed by atoms with van der Waals surface area (Å²) in [7, 11) is 2.96. The molecule has 1 aromatic carbocycles. The average molecular weight is 395 g/mol. The number of pyridine rings is 1. The Morgan fingerprint density at radius 1 is 1.17 bits per heavy atom. The lowest BCUT2D eigenvalue weighted by Gasteiger charge is -2.10. The molecule has 8 heteroatoms. The summed E-state index contributed by atoms with van der Waals surface area (Å²) < 4.78 is 11.7.